The highest BCUT2D eigenvalue weighted by Gasteiger charge is 2.26. The fourth-order valence-electron chi connectivity index (χ4n) is 3.01. The van der Waals surface area contributed by atoms with Gasteiger partial charge < -0.3 is 9.64 Å². The van der Waals surface area contributed by atoms with Gasteiger partial charge in [0.1, 0.15) is 4.90 Å². The third kappa shape index (κ3) is 5.84. The van der Waals surface area contributed by atoms with Crippen LogP contribution in [0.4, 0.5) is 0 Å². The maximum absolute atomic E-state index is 12.8. The van der Waals surface area contributed by atoms with Crippen LogP contribution >= 0.6 is 11.6 Å². The van der Waals surface area contributed by atoms with Crippen LogP contribution < -0.4 is 0 Å². The number of amides is 1. The number of benzene rings is 2. The van der Waals surface area contributed by atoms with E-state index in [1.54, 1.807) is 20.9 Å². The molecule has 0 saturated heterocycles. The van der Waals surface area contributed by atoms with Crippen molar-refractivity contribution in [2.75, 3.05) is 26.7 Å². The Morgan fingerprint density at radius 3 is 2.26 bits per heavy atom. The minimum Gasteiger partial charge on any atom is -0.452 e. The molecule has 0 saturated carbocycles. The highest BCUT2D eigenvalue weighted by molar-refractivity contribution is 7.89. The molecule has 0 aliphatic heterocycles. The normalized spacial score (nSPS) is 12.5. The van der Waals surface area contributed by atoms with Crippen LogP contribution in [0, 0.1) is 0 Å². The Hall–Kier alpha value is -2.42. The Morgan fingerprint density at radius 2 is 1.68 bits per heavy atom. The average Bonchev–Trinajstić information content (AvgIpc) is 2.77. The lowest BCUT2D eigenvalue weighted by molar-refractivity contribution is -0.135. The lowest BCUT2D eigenvalue weighted by atomic mass is 10.1. The van der Waals surface area contributed by atoms with Crippen molar-refractivity contribution in [1.82, 2.24) is 9.21 Å². The summed E-state index contributed by atoms with van der Waals surface area (Å²) in [5, 5.41) is 0.0101. The Kier molecular flexibility index (Phi) is 8.61. The van der Waals surface area contributed by atoms with Gasteiger partial charge >= 0.3 is 5.97 Å². The van der Waals surface area contributed by atoms with E-state index in [9.17, 15) is 18.0 Å². The summed E-state index contributed by atoms with van der Waals surface area (Å²) in [5.41, 5.74) is 0.954. The molecule has 1 amide bonds. The Labute approximate surface area is 188 Å². The van der Waals surface area contributed by atoms with Gasteiger partial charge in [-0.3, -0.25) is 4.79 Å². The number of esters is 1. The number of rotatable bonds is 9. The van der Waals surface area contributed by atoms with E-state index in [0.717, 1.165) is 5.56 Å². The smallest absolute Gasteiger partial charge is 0.338 e. The van der Waals surface area contributed by atoms with Crippen LogP contribution in [0.5, 0.6) is 0 Å². The highest BCUT2D eigenvalue weighted by Crippen LogP contribution is 2.26. The van der Waals surface area contributed by atoms with Crippen molar-refractivity contribution in [2.24, 2.45) is 0 Å². The fourth-order valence-corrected chi connectivity index (χ4v) is 4.97. The molecule has 0 aliphatic rings. The third-order valence-electron chi connectivity index (χ3n) is 5.07. The Morgan fingerprint density at radius 1 is 1.06 bits per heavy atom. The van der Waals surface area contributed by atoms with Crippen molar-refractivity contribution in [1.29, 1.82) is 0 Å². The van der Waals surface area contributed by atoms with E-state index >= 15 is 0 Å². The molecule has 31 heavy (non-hydrogen) atoms. The van der Waals surface area contributed by atoms with Gasteiger partial charge in [0, 0.05) is 20.1 Å². The van der Waals surface area contributed by atoms with Crippen molar-refractivity contribution in [2.45, 2.75) is 31.7 Å². The molecule has 0 spiro atoms. The molecule has 0 heterocycles. The molecule has 0 bridgehead atoms. The Balaban J connectivity index is 2.11. The first-order valence-corrected chi connectivity index (χ1v) is 11.7. The molecule has 0 N–H and O–H groups in total. The number of carbonyl (C=O) groups excluding carboxylic acids is 2. The molecule has 2 aromatic carbocycles. The summed E-state index contributed by atoms with van der Waals surface area (Å²) in [6.45, 7) is 5.37. The lowest BCUT2D eigenvalue weighted by Gasteiger charge is -2.25. The molecule has 0 aliphatic carbocycles. The quantitative estimate of drug-likeness (QED) is 0.525. The van der Waals surface area contributed by atoms with Gasteiger partial charge in [0.15, 0.2) is 6.61 Å². The van der Waals surface area contributed by atoms with Gasteiger partial charge in [-0.25, -0.2) is 13.2 Å². The van der Waals surface area contributed by atoms with Crippen LogP contribution in [0.3, 0.4) is 0 Å². The highest BCUT2D eigenvalue weighted by atomic mass is 35.5. The number of ether oxygens (including phenoxy) is 1. The summed E-state index contributed by atoms with van der Waals surface area (Å²) in [6, 6.07) is 13.2. The van der Waals surface area contributed by atoms with E-state index in [1.165, 1.54) is 27.4 Å². The van der Waals surface area contributed by atoms with Gasteiger partial charge in [0.2, 0.25) is 10.0 Å². The zero-order valence-corrected chi connectivity index (χ0v) is 19.6. The zero-order valence-electron chi connectivity index (χ0n) is 18.0. The average molecular weight is 467 g/mol. The first kappa shape index (κ1) is 24.8. The van der Waals surface area contributed by atoms with Crippen LogP contribution in [0.2, 0.25) is 5.02 Å². The second-order valence-corrected chi connectivity index (χ2v) is 9.22. The van der Waals surface area contributed by atoms with E-state index in [-0.39, 0.29) is 40.5 Å². The summed E-state index contributed by atoms with van der Waals surface area (Å²) in [6.07, 6.45) is 0. The summed E-state index contributed by atoms with van der Waals surface area (Å²) in [7, 11) is -2.23. The minimum atomic E-state index is -3.86. The maximum Gasteiger partial charge on any atom is 0.338 e. The van der Waals surface area contributed by atoms with Crippen LogP contribution in [0.1, 0.15) is 42.7 Å². The predicted octanol–water partition coefficient (Wildman–Crippen LogP) is 3.75. The topological polar surface area (TPSA) is 84.0 Å². The first-order chi connectivity index (χ1) is 14.6. The van der Waals surface area contributed by atoms with Crippen molar-refractivity contribution >= 4 is 33.5 Å². The lowest BCUT2D eigenvalue weighted by Crippen LogP contribution is -2.33. The van der Waals surface area contributed by atoms with Gasteiger partial charge in [0.25, 0.3) is 5.91 Å². The first-order valence-electron chi connectivity index (χ1n) is 9.90. The van der Waals surface area contributed by atoms with Crippen LogP contribution in [0.25, 0.3) is 0 Å². The molecule has 0 radical (unpaired) electrons. The number of hydrogen-bond acceptors (Lipinski definition) is 5. The van der Waals surface area contributed by atoms with Crippen molar-refractivity contribution < 1.29 is 22.7 Å². The van der Waals surface area contributed by atoms with Crippen molar-refractivity contribution in [3.8, 4) is 0 Å². The van der Waals surface area contributed by atoms with Crippen LogP contribution in [-0.2, 0) is 19.6 Å². The summed E-state index contributed by atoms with van der Waals surface area (Å²) in [4.78, 5) is 26.2. The molecule has 0 aromatic heterocycles. The van der Waals surface area contributed by atoms with E-state index in [0.29, 0.717) is 0 Å². The molecule has 7 nitrogen and oxygen atoms in total. The van der Waals surface area contributed by atoms with E-state index in [2.05, 4.69) is 0 Å². The van der Waals surface area contributed by atoms with Gasteiger partial charge in [-0.2, -0.15) is 4.31 Å². The number of hydrogen-bond donors (Lipinski definition) is 0. The van der Waals surface area contributed by atoms with Crippen LogP contribution in [0.15, 0.2) is 53.4 Å². The molecule has 2 aromatic rings. The molecule has 9 heteroatoms. The molecular formula is C22H27ClN2O5S. The van der Waals surface area contributed by atoms with Gasteiger partial charge in [0.05, 0.1) is 16.6 Å². The van der Waals surface area contributed by atoms with Crippen molar-refractivity contribution in [3.63, 3.8) is 0 Å². The van der Waals surface area contributed by atoms with E-state index in [1.807, 2.05) is 37.3 Å². The summed E-state index contributed by atoms with van der Waals surface area (Å²) in [5.74, 6) is -1.18. The number of nitrogens with zero attached hydrogens (tertiary/aromatic N) is 2. The van der Waals surface area contributed by atoms with Gasteiger partial charge in [-0.1, -0.05) is 55.8 Å². The summed E-state index contributed by atoms with van der Waals surface area (Å²) < 4.78 is 31.9. The Bertz CT molecular complexity index is 1020. The largest absolute Gasteiger partial charge is 0.452 e. The number of likely N-dealkylation sites (N-methyl/N-ethyl adjacent to an activating group) is 1. The van der Waals surface area contributed by atoms with E-state index in [4.69, 9.17) is 16.3 Å². The third-order valence-corrected chi connectivity index (χ3v) is 7.60. The van der Waals surface area contributed by atoms with Crippen molar-refractivity contribution in [3.05, 3.63) is 64.7 Å². The fraction of sp³-hybridized carbons (Fsp3) is 0.364. The molecular weight excluding hydrogens is 440 g/mol. The van der Waals surface area contributed by atoms with Gasteiger partial charge in [-0.05, 0) is 30.7 Å². The molecule has 168 valence electrons. The molecule has 1 atom stereocenters. The van der Waals surface area contributed by atoms with Gasteiger partial charge in [-0.15, -0.1) is 0 Å². The number of halogens is 1. The monoisotopic (exact) mass is 466 g/mol. The second-order valence-electron chi connectivity index (χ2n) is 6.90. The predicted molar refractivity (Wildman–Crippen MR) is 119 cm³/mol. The minimum absolute atomic E-state index is 0.00157. The molecule has 2 rings (SSSR count). The number of sulfonamides is 1. The SMILES string of the molecule is CCN(CC)S(=O)(=O)c1cc(C(=O)OCC(=O)N(C)C(C)c2ccccc2)ccc1Cl. The number of carbonyl (C=O) groups is 2. The maximum atomic E-state index is 12.8. The van der Waals surface area contributed by atoms with E-state index < -0.39 is 22.6 Å². The van der Waals surface area contributed by atoms with Crippen LogP contribution in [-0.4, -0.2) is 56.2 Å². The standard InChI is InChI=1S/C22H27ClN2O5S/c1-5-25(6-2)31(28,29)20-14-18(12-13-19(20)23)22(27)30-15-21(26)24(4)16(3)17-10-8-7-9-11-17/h7-14,16H,5-6,15H2,1-4H3. The zero-order chi connectivity index (χ0) is 23.2. The molecule has 0 fully saturated rings. The second kappa shape index (κ2) is 10.7. The molecule has 1 unspecified atom stereocenters. The summed E-state index contributed by atoms with van der Waals surface area (Å²) >= 11 is 6.09.